The van der Waals surface area contributed by atoms with Crippen LogP contribution in [-0.2, 0) is 11.0 Å². The van der Waals surface area contributed by atoms with Crippen LogP contribution in [0.1, 0.15) is 11.1 Å². The topological polar surface area (TPSA) is 45.9 Å². The summed E-state index contributed by atoms with van der Waals surface area (Å²) in [6, 6.07) is 4.79. The van der Waals surface area contributed by atoms with E-state index in [4.69, 9.17) is 0 Å². The molecule has 1 aromatic carbocycles. The molecule has 0 radical (unpaired) electrons. The first-order valence-electron chi connectivity index (χ1n) is 6.85. The maximum atomic E-state index is 12.6. The van der Waals surface area contributed by atoms with Gasteiger partial charge in [-0.25, -0.2) is 5.43 Å². The maximum absolute atomic E-state index is 12.6. The molecule has 1 aliphatic heterocycles. The molecular formula is C14H17F3N3OS+. The second kappa shape index (κ2) is 7.64. The summed E-state index contributed by atoms with van der Waals surface area (Å²) in [5.74, 6) is 1.84. The highest BCUT2D eigenvalue weighted by Gasteiger charge is 2.30. The second-order valence-electron chi connectivity index (χ2n) is 4.96. The highest BCUT2D eigenvalue weighted by molar-refractivity contribution is 7.99. The molecule has 0 atom stereocenters. The highest BCUT2D eigenvalue weighted by atomic mass is 32.2. The van der Waals surface area contributed by atoms with Crippen LogP contribution in [0.5, 0.6) is 0 Å². The fourth-order valence-electron chi connectivity index (χ4n) is 2.08. The lowest BCUT2D eigenvalue weighted by Gasteiger charge is -2.21. The highest BCUT2D eigenvalue weighted by Crippen LogP contribution is 2.29. The van der Waals surface area contributed by atoms with E-state index in [9.17, 15) is 18.0 Å². The van der Waals surface area contributed by atoms with Crippen molar-refractivity contribution in [3.63, 3.8) is 0 Å². The Morgan fingerprint density at radius 2 is 2.09 bits per heavy atom. The minimum atomic E-state index is -4.39. The fourth-order valence-corrected chi connectivity index (χ4v) is 3.15. The molecule has 1 aliphatic rings. The molecule has 2 rings (SSSR count). The molecule has 0 spiro atoms. The normalized spacial score (nSPS) is 16.9. The van der Waals surface area contributed by atoms with Crippen LogP contribution in [0.25, 0.3) is 0 Å². The average Bonchev–Trinajstić information content (AvgIpc) is 2.48. The molecule has 0 aromatic heterocycles. The van der Waals surface area contributed by atoms with Crippen LogP contribution in [0.4, 0.5) is 13.2 Å². The number of carbonyl (C=O) groups is 1. The lowest BCUT2D eigenvalue weighted by atomic mass is 10.1. The lowest BCUT2D eigenvalue weighted by molar-refractivity contribution is -0.888. The summed E-state index contributed by atoms with van der Waals surface area (Å²) < 4.78 is 37.7. The minimum absolute atomic E-state index is 0.231. The summed E-state index contributed by atoms with van der Waals surface area (Å²) in [6.45, 7) is 2.21. The van der Waals surface area contributed by atoms with Crippen molar-refractivity contribution in [1.82, 2.24) is 5.43 Å². The number of amides is 1. The van der Waals surface area contributed by atoms with Gasteiger partial charge < -0.3 is 4.90 Å². The van der Waals surface area contributed by atoms with E-state index < -0.39 is 11.7 Å². The Morgan fingerprint density at radius 1 is 1.36 bits per heavy atom. The van der Waals surface area contributed by atoms with Crippen molar-refractivity contribution in [2.75, 3.05) is 31.1 Å². The predicted molar refractivity (Wildman–Crippen MR) is 80.1 cm³/mol. The largest absolute Gasteiger partial charge is 0.416 e. The van der Waals surface area contributed by atoms with Crippen LogP contribution in [-0.4, -0.2) is 43.3 Å². The SMILES string of the molecule is O=C(C[NH+]1CCSCC1)N/N=C\c1cccc(C(F)(F)F)c1. The molecule has 8 heteroatoms. The van der Waals surface area contributed by atoms with Gasteiger partial charge in [-0.3, -0.25) is 4.79 Å². The number of nitrogens with zero attached hydrogens (tertiary/aromatic N) is 1. The lowest BCUT2D eigenvalue weighted by Crippen LogP contribution is -3.14. The first-order chi connectivity index (χ1) is 10.4. The first-order valence-corrected chi connectivity index (χ1v) is 8.01. The number of halogens is 3. The smallest absolute Gasteiger partial charge is 0.326 e. The Kier molecular flexibility index (Phi) is 5.84. The number of hydrogen-bond donors (Lipinski definition) is 2. The molecule has 2 N–H and O–H groups in total. The Bertz CT molecular complexity index is 542. The molecule has 1 amide bonds. The number of benzene rings is 1. The molecule has 0 bridgehead atoms. The third kappa shape index (κ3) is 5.34. The first kappa shape index (κ1) is 16.8. The third-order valence-corrected chi connectivity index (χ3v) is 4.21. The van der Waals surface area contributed by atoms with E-state index in [1.807, 2.05) is 11.8 Å². The van der Waals surface area contributed by atoms with E-state index in [2.05, 4.69) is 10.5 Å². The molecular weight excluding hydrogens is 315 g/mol. The standard InChI is InChI=1S/C14H16F3N3OS/c15-14(16,17)12-3-1-2-11(8-12)9-18-19-13(21)10-20-4-6-22-7-5-20/h1-3,8-9H,4-7,10H2,(H,19,21)/p+1/b18-9-. The van der Waals surface area contributed by atoms with Gasteiger partial charge in [0.15, 0.2) is 6.54 Å². The van der Waals surface area contributed by atoms with E-state index in [0.29, 0.717) is 6.54 Å². The van der Waals surface area contributed by atoms with Crippen LogP contribution < -0.4 is 10.3 Å². The van der Waals surface area contributed by atoms with Gasteiger partial charge in [-0.2, -0.15) is 30.0 Å². The van der Waals surface area contributed by atoms with Crippen molar-refractivity contribution in [3.8, 4) is 0 Å². The molecule has 0 unspecified atom stereocenters. The maximum Gasteiger partial charge on any atom is 0.416 e. The minimum Gasteiger partial charge on any atom is -0.326 e. The van der Waals surface area contributed by atoms with Gasteiger partial charge in [-0.15, -0.1) is 0 Å². The number of nitrogens with one attached hydrogen (secondary N) is 2. The summed E-state index contributed by atoms with van der Waals surface area (Å²) >= 11 is 1.87. The van der Waals surface area contributed by atoms with E-state index >= 15 is 0 Å². The number of alkyl halides is 3. The molecule has 4 nitrogen and oxygen atoms in total. The van der Waals surface area contributed by atoms with Gasteiger partial charge in [0.1, 0.15) is 0 Å². The number of hydrogen-bond acceptors (Lipinski definition) is 3. The van der Waals surface area contributed by atoms with Gasteiger partial charge >= 0.3 is 6.18 Å². The Labute approximate surface area is 130 Å². The van der Waals surface area contributed by atoms with Crippen molar-refractivity contribution < 1.29 is 22.9 Å². The summed E-state index contributed by atoms with van der Waals surface area (Å²) in [5.41, 5.74) is 1.91. The van der Waals surface area contributed by atoms with Gasteiger partial charge in [-0.05, 0) is 17.7 Å². The monoisotopic (exact) mass is 332 g/mol. The van der Waals surface area contributed by atoms with Crippen LogP contribution in [0.3, 0.4) is 0 Å². The molecule has 1 aromatic rings. The van der Waals surface area contributed by atoms with Crippen molar-refractivity contribution in [1.29, 1.82) is 0 Å². The van der Waals surface area contributed by atoms with Gasteiger partial charge in [0.05, 0.1) is 24.9 Å². The molecule has 1 fully saturated rings. The number of carbonyl (C=O) groups excluding carboxylic acids is 1. The number of hydrazone groups is 1. The summed E-state index contributed by atoms with van der Waals surface area (Å²) in [4.78, 5) is 12.9. The van der Waals surface area contributed by atoms with Gasteiger partial charge in [0.2, 0.25) is 0 Å². The van der Waals surface area contributed by atoms with Crippen LogP contribution in [0, 0.1) is 0 Å². The van der Waals surface area contributed by atoms with E-state index in [1.54, 1.807) is 0 Å². The zero-order valence-electron chi connectivity index (χ0n) is 11.8. The Morgan fingerprint density at radius 3 is 2.77 bits per heavy atom. The summed E-state index contributed by atoms with van der Waals surface area (Å²) in [6.07, 6.45) is -3.17. The van der Waals surface area contributed by atoms with Crippen LogP contribution in [0.15, 0.2) is 29.4 Å². The zero-order valence-corrected chi connectivity index (χ0v) is 12.6. The number of quaternary nitrogens is 1. The van der Waals surface area contributed by atoms with Crippen molar-refractivity contribution in [2.45, 2.75) is 6.18 Å². The summed E-state index contributed by atoms with van der Waals surface area (Å²) in [7, 11) is 0. The predicted octanol–water partition coefficient (Wildman–Crippen LogP) is 0.787. The van der Waals surface area contributed by atoms with Crippen molar-refractivity contribution in [3.05, 3.63) is 35.4 Å². The zero-order chi connectivity index (χ0) is 16.0. The number of thioether (sulfide) groups is 1. The van der Waals surface area contributed by atoms with E-state index in [1.165, 1.54) is 23.2 Å². The Balaban J connectivity index is 1.85. The van der Waals surface area contributed by atoms with Crippen molar-refractivity contribution in [2.24, 2.45) is 5.10 Å². The second-order valence-corrected chi connectivity index (χ2v) is 6.18. The summed E-state index contributed by atoms with van der Waals surface area (Å²) in [5, 5.41) is 3.72. The average molecular weight is 332 g/mol. The van der Waals surface area contributed by atoms with E-state index in [-0.39, 0.29) is 11.5 Å². The third-order valence-electron chi connectivity index (χ3n) is 3.23. The van der Waals surface area contributed by atoms with Gasteiger partial charge in [0, 0.05) is 11.5 Å². The quantitative estimate of drug-likeness (QED) is 0.632. The Hall–Kier alpha value is -1.54. The molecule has 120 valence electrons. The molecule has 0 aliphatic carbocycles. The van der Waals surface area contributed by atoms with Crippen molar-refractivity contribution >= 4 is 23.9 Å². The van der Waals surface area contributed by atoms with E-state index in [0.717, 1.165) is 36.7 Å². The molecule has 22 heavy (non-hydrogen) atoms. The van der Waals surface area contributed by atoms with Crippen LogP contribution in [0.2, 0.25) is 0 Å². The molecule has 1 heterocycles. The molecule has 1 saturated heterocycles. The molecule has 0 saturated carbocycles. The van der Waals surface area contributed by atoms with Gasteiger partial charge in [-0.1, -0.05) is 12.1 Å². The fraction of sp³-hybridized carbons (Fsp3) is 0.429. The number of rotatable bonds is 4. The van der Waals surface area contributed by atoms with Crippen LogP contribution >= 0.6 is 11.8 Å². The van der Waals surface area contributed by atoms with Gasteiger partial charge in [0.25, 0.3) is 5.91 Å².